The van der Waals surface area contributed by atoms with Crippen molar-refractivity contribution >= 4 is 28.6 Å². The summed E-state index contributed by atoms with van der Waals surface area (Å²) in [6.07, 6.45) is -2.46. The van der Waals surface area contributed by atoms with Crippen LogP contribution in [-0.4, -0.2) is 18.6 Å². The molecule has 1 aliphatic heterocycles. The van der Waals surface area contributed by atoms with Gasteiger partial charge in [0.15, 0.2) is 0 Å². The van der Waals surface area contributed by atoms with E-state index in [1.54, 1.807) is 12.1 Å². The molecule has 35 heavy (non-hydrogen) atoms. The summed E-state index contributed by atoms with van der Waals surface area (Å²) >= 11 is 1.29. The van der Waals surface area contributed by atoms with Gasteiger partial charge in [-0.1, -0.05) is 12.1 Å². The number of rotatable bonds is 5. The topological polar surface area (TPSA) is 47.6 Å². The van der Waals surface area contributed by atoms with Gasteiger partial charge in [-0.15, -0.1) is 11.3 Å². The molecule has 0 saturated carbocycles. The number of halogens is 3. The molecule has 0 spiro atoms. The van der Waals surface area contributed by atoms with Crippen LogP contribution in [0.3, 0.4) is 0 Å². The van der Waals surface area contributed by atoms with Crippen molar-refractivity contribution in [1.82, 2.24) is 0 Å². The minimum atomic E-state index is -4.51. The minimum Gasteiger partial charge on any atom is -0.496 e. The van der Waals surface area contributed by atoms with Crippen LogP contribution in [-0.2, 0) is 17.5 Å². The highest BCUT2D eigenvalue weighted by Gasteiger charge is 2.32. The number of alkyl halides is 3. The second-order valence-electron chi connectivity index (χ2n) is 9.17. The van der Waals surface area contributed by atoms with Crippen LogP contribution in [0.5, 0.6) is 5.75 Å². The lowest BCUT2D eigenvalue weighted by Crippen LogP contribution is -2.32. The highest BCUT2D eigenvalue weighted by atomic mass is 32.1. The lowest BCUT2D eigenvalue weighted by atomic mass is 9.85. The van der Waals surface area contributed by atoms with Crippen LogP contribution in [0.15, 0.2) is 47.9 Å². The van der Waals surface area contributed by atoms with Gasteiger partial charge in [0.05, 0.1) is 18.2 Å². The molecule has 8 heteroatoms. The average Bonchev–Trinajstić information content (AvgIpc) is 3.21. The van der Waals surface area contributed by atoms with E-state index in [0.717, 1.165) is 34.5 Å². The molecule has 1 N–H and O–H groups in total. The molecule has 4 rings (SSSR count). The van der Waals surface area contributed by atoms with Gasteiger partial charge in [0.25, 0.3) is 0 Å². The van der Waals surface area contributed by atoms with Crippen molar-refractivity contribution in [1.29, 1.82) is 0 Å². The van der Waals surface area contributed by atoms with E-state index >= 15 is 0 Å². The maximum Gasteiger partial charge on any atom is 0.416 e. The molecule has 1 aliphatic rings. The third-order valence-electron chi connectivity index (χ3n) is 5.84. The third-order valence-corrected chi connectivity index (χ3v) is 6.87. The Hall–Kier alpha value is -3.26. The highest BCUT2D eigenvalue weighted by Crippen LogP contribution is 2.44. The number of fused-ring (bicyclic) bond motifs is 1. The fourth-order valence-electron chi connectivity index (χ4n) is 4.44. The van der Waals surface area contributed by atoms with E-state index < -0.39 is 17.7 Å². The summed E-state index contributed by atoms with van der Waals surface area (Å²) in [7, 11) is 1.42. The molecule has 0 amide bonds. The number of ether oxygens (including phenoxy) is 2. The van der Waals surface area contributed by atoms with Crippen LogP contribution in [0.25, 0.3) is 16.7 Å². The number of esters is 1. The maximum atomic E-state index is 13.6. The monoisotopic (exact) mass is 501 g/mol. The Bertz CT molecular complexity index is 1320. The third kappa shape index (κ3) is 5.07. The summed E-state index contributed by atoms with van der Waals surface area (Å²) in [6.45, 7) is 7.79. The van der Waals surface area contributed by atoms with Crippen molar-refractivity contribution in [2.45, 2.75) is 46.0 Å². The van der Waals surface area contributed by atoms with Crippen molar-refractivity contribution in [3.8, 4) is 16.9 Å². The minimum absolute atomic E-state index is 0.110. The number of carbonyl (C=O) groups excluding carboxylic acids is 1. The molecule has 184 valence electrons. The first-order valence-electron chi connectivity index (χ1n) is 11.0. The van der Waals surface area contributed by atoms with Gasteiger partial charge < -0.3 is 14.8 Å². The predicted molar refractivity (Wildman–Crippen MR) is 133 cm³/mol. The molecule has 0 atom stereocenters. The van der Waals surface area contributed by atoms with Crippen molar-refractivity contribution in [2.24, 2.45) is 0 Å². The lowest BCUT2D eigenvalue weighted by molar-refractivity contribution is -0.137. The van der Waals surface area contributed by atoms with Gasteiger partial charge in [-0.05, 0) is 80.1 Å². The number of anilines is 1. The van der Waals surface area contributed by atoms with Gasteiger partial charge in [-0.25, -0.2) is 4.79 Å². The number of thiophene rings is 1. The number of aryl methyl sites for hydroxylation is 1. The Morgan fingerprint density at radius 1 is 1.09 bits per heavy atom. The molecule has 0 unspecified atom stereocenters. The molecule has 4 nitrogen and oxygen atoms in total. The fraction of sp³-hybridized carbons (Fsp3) is 0.296. The van der Waals surface area contributed by atoms with E-state index in [4.69, 9.17) is 9.47 Å². The maximum absolute atomic E-state index is 13.6. The normalized spacial score (nSPS) is 14.6. The van der Waals surface area contributed by atoms with Crippen LogP contribution < -0.4 is 10.1 Å². The van der Waals surface area contributed by atoms with E-state index in [2.05, 4.69) is 11.4 Å². The second kappa shape index (κ2) is 9.07. The number of hydrogen-bond donors (Lipinski definition) is 1. The zero-order valence-corrected chi connectivity index (χ0v) is 20.9. The molecule has 2 heterocycles. The molecular formula is C27H26F3NO3S. The lowest BCUT2D eigenvalue weighted by Gasteiger charge is -2.33. The first kappa shape index (κ1) is 24.9. The zero-order chi connectivity index (χ0) is 25.5. The summed E-state index contributed by atoms with van der Waals surface area (Å²) < 4.78 is 51.8. The van der Waals surface area contributed by atoms with Crippen molar-refractivity contribution in [3.63, 3.8) is 0 Å². The molecule has 0 aliphatic carbocycles. The summed E-state index contributed by atoms with van der Waals surface area (Å²) in [5.41, 5.74) is 3.83. The SMILES string of the molecule is COc1ccc(C(F)(F)F)cc1-c1ccc2c(c1COC(=O)c1cc(C)cs1)C(C)=CC(C)(C)N2. The van der Waals surface area contributed by atoms with Crippen LogP contribution in [0.4, 0.5) is 18.9 Å². The Balaban J connectivity index is 1.87. The first-order valence-corrected chi connectivity index (χ1v) is 11.9. The number of allylic oxidation sites excluding steroid dienone is 1. The van der Waals surface area contributed by atoms with Crippen molar-refractivity contribution < 1.29 is 27.4 Å². The number of benzene rings is 2. The largest absolute Gasteiger partial charge is 0.496 e. The van der Waals surface area contributed by atoms with E-state index in [9.17, 15) is 18.0 Å². The Kier molecular flexibility index (Phi) is 6.44. The van der Waals surface area contributed by atoms with Gasteiger partial charge in [0, 0.05) is 22.4 Å². The molecule has 1 aromatic heterocycles. The van der Waals surface area contributed by atoms with Gasteiger partial charge in [0.1, 0.15) is 17.2 Å². The number of carbonyl (C=O) groups is 1. The van der Waals surface area contributed by atoms with Crippen molar-refractivity contribution in [3.05, 3.63) is 75.0 Å². The Labute approximate surface area is 206 Å². The Morgan fingerprint density at radius 2 is 1.83 bits per heavy atom. The van der Waals surface area contributed by atoms with E-state index in [1.807, 2.05) is 39.1 Å². The molecule has 0 bridgehead atoms. The smallest absolute Gasteiger partial charge is 0.416 e. The first-order chi connectivity index (χ1) is 16.4. The van der Waals surface area contributed by atoms with E-state index in [-0.39, 0.29) is 17.7 Å². The van der Waals surface area contributed by atoms with Crippen molar-refractivity contribution in [2.75, 3.05) is 12.4 Å². The highest BCUT2D eigenvalue weighted by molar-refractivity contribution is 7.12. The van der Waals surface area contributed by atoms with Gasteiger partial charge in [0.2, 0.25) is 0 Å². The van der Waals surface area contributed by atoms with Crippen LogP contribution in [0.2, 0.25) is 0 Å². The van der Waals surface area contributed by atoms with Gasteiger partial charge >= 0.3 is 12.1 Å². The molecule has 0 fully saturated rings. The Morgan fingerprint density at radius 3 is 2.46 bits per heavy atom. The summed E-state index contributed by atoms with van der Waals surface area (Å²) in [4.78, 5) is 13.2. The molecule has 0 radical (unpaired) electrons. The number of methoxy groups -OCH3 is 1. The zero-order valence-electron chi connectivity index (χ0n) is 20.1. The van der Waals surface area contributed by atoms with E-state index in [0.29, 0.717) is 21.8 Å². The van der Waals surface area contributed by atoms with Crippen LogP contribution >= 0.6 is 11.3 Å². The number of nitrogens with one attached hydrogen (secondary N) is 1. The standard InChI is InChI=1S/C27H26F3NO3S/c1-15-10-23(35-14-15)25(32)34-13-20-18(7-8-21-24(20)16(2)12-26(3,4)31-21)19-11-17(27(28,29)30)6-9-22(19)33-5/h6-12,14,31H,13H2,1-5H3. The van der Waals surface area contributed by atoms with Crippen LogP contribution in [0.1, 0.15) is 52.7 Å². The van der Waals surface area contributed by atoms with Crippen LogP contribution in [0, 0.1) is 6.92 Å². The summed E-state index contributed by atoms with van der Waals surface area (Å²) in [5.74, 6) is -0.182. The number of hydrogen-bond acceptors (Lipinski definition) is 5. The van der Waals surface area contributed by atoms with Gasteiger partial charge in [-0.3, -0.25) is 0 Å². The molecule has 3 aromatic rings. The summed E-state index contributed by atoms with van der Waals surface area (Å²) in [6, 6.07) is 8.72. The fourth-order valence-corrected chi connectivity index (χ4v) is 5.23. The van der Waals surface area contributed by atoms with E-state index in [1.165, 1.54) is 24.5 Å². The average molecular weight is 502 g/mol. The molecule has 0 saturated heterocycles. The predicted octanol–water partition coefficient (Wildman–Crippen LogP) is 7.72. The molecule has 2 aromatic carbocycles. The summed E-state index contributed by atoms with van der Waals surface area (Å²) in [5, 5.41) is 5.31. The molecular weight excluding hydrogens is 475 g/mol. The second-order valence-corrected chi connectivity index (χ2v) is 10.1. The van der Waals surface area contributed by atoms with Gasteiger partial charge in [-0.2, -0.15) is 13.2 Å². The quantitative estimate of drug-likeness (QED) is 0.364.